The average molecular weight is 312 g/mol. The van der Waals surface area contributed by atoms with E-state index in [-0.39, 0.29) is 17.4 Å². The molecule has 4 nitrogen and oxygen atoms in total. The van der Waals surface area contributed by atoms with Crippen molar-refractivity contribution in [2.24, 2.45) is 5.41 Å². The molecular weight excluding hydrogens is 286 g/mol. The van der Waals surface area contributed by atoms with Gasteiger partial charge in [0.15, 0.2) is 0 Å². The quantitative estimate of drug-likeness (QED) is 0.891. The number of halogens is 1. The van der Waals surface area contributed by atoms with Gasteiger partial charge in [-0.25, -0.2) is 4.98 Å². The molecule has 5 heteroatoms. The Kier molecular flexibility index (Phi) is 6.02. The molecule has 1 heterocycles. The molecule has 1 aromatic heterocycles. The molecule has 0 aliphatic carbocycles. The van der Waals surface area contributed by atoms with Crippen LogP contribution in [0.15, 0.2) is 12.1 Å². The van der Waals surface area contributed by atoms with E-state index < -0.39 is 0 Å². The van der Waals surface area contributed by atoms with Gasteiger partial charge in [-0.15, -0.1) is 0 Å². The normalized spacial score (nSPS) is 12.9. The lowest BCUT2D eigenvalue weighted by molar-refractivity contribution is 0.0623. The van der Waals surface area contributed by atoms with Crippen LogP contribution in [0.3, 0.4) is 0 Å². The number of anilines is 1. The lowest BCUT2D eigenvalue weighted by Gasteiger charge is -2.35. The smallest absolute Gasteiger partial charge is 0.274 e. The van der Waals surface area contributed by atoms with Crippen LogP contribution in [0.25, 0.3) is 0 Å². The highest BCUT2D eigenvalue weighted by Crippen LogP contribution is 2.26. The zero-order chi connectivity index (χ0) is 16.2. The summed E-state index contributed by atoms with van der Waals surface area (Å²) < 4.78 is 0. The van der Waals surface area contributed by atoms with Crippen molar-refractivity contribution < 1.29 is 4.79 Å². The fourth-order valence-corrected chi connectivity index (χ4v) is 2.05. The van der Waals surface area contributed by atoms with Crippen molar-refractivity contribution in [1.29, 1.82) is 0 Å². The third kappa shape index (κ3) is 4.60. The maximum absolute atomic E-state index is 12.6. The Hall–Kier alpha value is -1.29. The predicted octanol–water partition coefficient (Wildman–Crippen LogP) is 4.06. The first-order chi connectivity index (χ1) is 9.68. The first kappa shape index (κ1) is 17.8. The SMILES string of the molecule is CCCNc1ccc(Cl)c(C(=O)N(C)C(C)C(C)(C)C)n1. The van der Waals surface area contributed by atoms with Crippen molar-refractivity contribution in [1.82, 2.24) is 9.88 Å². The van der Waals surface area contributed by atoms with Gasteiger partial charge in [-0.05, 0) is 30.9 Å². The Morgan fingerprint density at radius 3 is 2.57 bits per heavy atom. The maximum atomic E-state index is 12.6. The third-order valence-corrected chi connectivity index (χ3v) is 4.06. The Bertz CT molecular complexity index is 497. The van der Waals surface area contributed by atoms with Crippen molar-refractivity contribution in [2.45, 2.75) is 47.1 Å². The second kappa shape index (κ2) is 7.12. The van der Waals surface area contributed by atoms with Crippen molar-refractivity contribution in [3.8, 4) is 0 Å². The number of nitrogens with zero attached hydrogens (tertiary/aromatic N) is 2. The number of amides is 1. The standard InChI is InChI=1S/C16H26ClN3O/c1-7-10-18-13-9-8-12(17)14(19-13)15(21)20(6)11(2)16(3,4)5/h8-9,11H,7,10H2,1-6H3,(H,18,19). The molecule has 1 rings (SSSR count). The number of nitrogens with one attached hydrogen (secondary N) is 1. The highest BCUT2D eigenvalue weighted by Gasteiger charge is 2.29. The molecule has 1 unspecified atom stereocenters. The molecule has 1 aromatic rings. The van der Waals surface area contributed by atoms with E-state index in [9.17, 15) is 4.79 Å². The molecule has 0 saturated carbocycles. The van der Waals surface area contributed by atoms with Gasteiger partial charge in [-0.3, -0.25) is 4.79 Å². The number of hydrogen-bond donors (Lipinski definition) is 1. The summed E-state index contributed by atoms with van der Waals surface area (Å²) >= 11 is 6.15. The van der Waals surface area contributed by atoms with E-state index in [1.807, 2.05) is 6.92 Å². The molecule has 0 spiro atoms. The van der Waals surface area contributed by atoms with Gasteiger partial charge in [0.1, 0.15) is 11.5 Å². The second-order valence-corrected chi connectivity index (χ2v) is 6.82. The fourth-order valence-electron chi connectivity index (χ4n) is 1.87. The lowest BCUT2D eigenvalue weighted by atomic mass is 9.87. The van der Waals surface area contributed by atoms with Gasteiger partial charge >= 0.3 is 0 Å². The molecule has 118 valence electrons. The summed E-state index contributed by atoms with van der Waals surface area (Å²) in [5.74, 6) is 0.531. The molecular formula is C16H26ClN3O. The molecule has 0 fully saturated rings. The van der Waals surface area contributed by atoms with Gasteiger partial charge < -0.3 is 10.2 Å². The Morgan fingerprint density at radius 1 is 1.43 bits per heavy atom. The summed E-state index contributed by atoms with van der Waals surface area (Å²) in [6.07, 6.45) is 0.995. The number of pyridine rings is 1. The van der Waals surface area contributed by atoms with E-state index in [4.69, 9.17) is 11.6 Å². The third-order valence-electron chi connectivity index (χ3n) is 3.76. The molecule has 0 aliphatic heterocycles. The van der Waals surface area contributed by atoms with Crippen LogP contribution in [0.1, 0.15) is 51.5 Å². The highest BCUT2D eigenvalue weighted by atomic mass is 35.5. The predicted molar refractivity (Wildman–Crippen MR) is 89.0 cm³/mol. The second-order valence-electron chi connectivity index (χ2n) is 6.41. The minimum absolute atomic E-state index is 0.00500. The van der Waals surface area contributed by atoms with Crippen LogP contribution in [-0.2, 0) is 0 Å². The average Bonchev–Trinajstić information content (AvgIpc) is 2.43. The lowest BCUT2D eigenvalue weighted by Crippen LogP contribution is -2.43. The maximum Gasteiger partial charge on any atom is 0.274 e. The van der Waals surface area contributed by atoms with Crippen LogP contribution in [-0.4, -0.2) is 35.4 Å². The number of carbonyl (C=O) groups excluding carboxylic acids is 1. The van der Waals surface area contributed by atoms with E-state index in [1.54, 1.807) is 24.1 Å². The van der Waals surface area contributed by atoms with Crippen molar-refractivity contribution in [2.75, 3.05) is 18.9 Å². The number of aromatic nitrogens is 1. The molecule has 21 heavy (non-hydrogen) atoms. The van der Waals surface area contributed by atoms with E-state index >= 15 is 0 Å². The topological polar surface area (TPSA) is 45.2 Å². The van der Waals surface area contributed by atoms with Crippen LogP contribution in [0.4, 0.5) is 5.82 Å². The Labute approximate surface area is 132 Å². The number of carbonyl (C=O) groups is 1. The van der Waals surface area contributed by atoms with Gasteiger partial charge in [0.05, 0.1) is 5.02 Å². The van der Waals surface area contributed by atoms with Gasteiger partial charge in [0.2, 0.25) is 0 Å². The summed E-state index contributed by atoms with van der Waals surface area (Å²) in [6, 6.07) is 3.59. The minimum Gasteiger partial charge on any atom is -0.370 e. The van der Waals surface area contributed by atoms with Gasteiger partial charge in [0.25, 0.3) is 5.91 Å². The molecule has 1 atom stereocenters. The zero-order valence-corrected chi connectivity index (χ0v) is 14.6. The van der Waals surface area contributed by atoms with E-state index in [0.29, 0.717) is 16.5 Å². The number of hydrogen-bond acceptors (Lipinski definition) is 3. The Morgan fingerprint density at radius 2 is 2.05 bits per heavy atom. The summed E-state index contributed by atoms with van der Waals surface area (Å²) in [5.41, 5.74) is 0.297. The summed E-state index contributed by atoms with van der Waals surface area (Å²) in [4.78, 5) is 18.7. The van der Waals surface area contributed by atoms with Gasteiger partial charge in [-0.1, -0.05) is 39.3 Å². The molecule has 0 radical (unpaired) electrons. The van der Waals surface area contributed by atoms with Crippen LogP contribution in [0.2, 0.25) is 5.02 Å². The van der Waals surface area contributed by atoms with Crippen molar-refractivity contribution >= 4 is 23.3 Å². The zero-order valence-electron chi connectivity index (χ0n) is 13.8. The molecule has 1 amide bonds. The molecule has 0 aliphatic rings. The molecule has 0 bridgehead atoms. The van der Waals surface area contributed by atoms with Crippen molar-refractivity contribution in [3.05, 3.63) is 22.8 Å². The summed E-state index contributed by atoms with van der Waals surface area (Å²) in [5, 5.41) is 3.56. The number of rotatable bonds is 5. The van der Waals surface area contributed by atoms with E-state index in [1.165, 1.54) is 0 Å². The van der Waals surface area contributed by atoms with Crippen LogP contribution >= 0.6 is 11.6 Å². The fraction of sp³-hybridized carbons (Fsp3) is 0.625. The highest BCUT2D eigenvalue weighted by molar-refractivity contribution is 6.33. The van der Waals surface area contributed by atoms with Gasteiger partial charge in [-0.2, -0.15) is 0 Å². The minimum atomic E-state index is -0.150. The summed E-state index contributed by atoms with van der Waals surface area (Å²) in [7, 11) is 1.79. The van der Waals surface area contributed by atoms with E-state index in [2.05, 4.69) is 38.0 Å². The van der Waals surface area contributed by atoms with Gasteiger partial charge in [0, 0.05) is 19.6 Å². The van der Waals surface area contributed by atoms with E-state index in [0.717, 1.165) is 13.0 Å². The van der Waals surface area contributed by atoms with Crippen LogP contribution < -0.4 is 5.32 Å². The monoisotopic (exact) mass is 311 g/mol. The molecule has 0 saturated heterocycles. The van der Waals surface area contributed by atoms with Crippen LogP contribution in [0, 0.1) is 5.41 Å². The first-order valence-corrected chi connectivity index (χ1v) is 7.73. The molecule has 1 N–H and O–H groups in total. The van der Waals surface area contributed by atoms with Crippen LogP contribution in [0.5, 0.6) is 0 Å². The van der Waals surface area contributed by atoms with Crippen molar-refractivity contribution in [3.63, 3.8) is 0 Å². The summed E-state index contributed by atoms with van der Waals surface area (Å²) in [6.45, 7) is 11.2. The first-order valence-electron chi connectivity index (χ1n) is 7.36. The Balaban J connectivity index is 3.00. The largest absolute Gasteiger partial charge is 0.370 e. The molecule has 0 aromatic carbocycles.